The van der Waals surface area contributed by atoms with Crippen molar-refractivity contribution >= 4 is 39.1 Å². The number of nitrogens with zero attached hydrogens (tertiary/aromatic N) is 4. The van der Waals surface area contributed by atoms with Crippen LogP contribution in [0.25, 0.3) is 32.8 Å². The Bertz CT molecular complexity index is 1520. The van der Waals surface area contributed by atoms with Gasteiger partial charge in [-0.2, -0.15) is 9.97 Å². The van der Waals surface area contributed by atoms with E-state index in [9.17, 15) is 5.11 Å². The molecule has 2 aliphatic heterocycles. The van der Waals surface area contributed by atoms with Gasteiger partial charge in [-0.1, -0.05) is 35.9 Å². The van der Waals surface area contributed by atoms with Crippen LogP contribution in [0.4, 0.5) is 10.2 Å². The zero-order valence-electron chi connectivity index (χ0n) is 22.3. The smallest absolute Gasteiger partial charge is 0.319 e. The van der Waals surface area contributed by atoms with E-state index in [0.29, 0.717) is 35.5 Å². The van der Waals surface area contributed by atoms with Gasteiger partial charge in [0.1, 0.15) is 17.1 Å². The summed E-state index contributed by atoms with van der Waals surface area (Å²) in [6.07, 6.45) is 4.05. The molecule has 0 aliphatic carbocycles. The van der Waals surface area contributed by atoms with E-state index in [1.807, 2.05) is 38.4 Å². The molecule has 7 nitrogen and oxygen atoms in total. The second-order valence-corrected chi connectivity index (χ2v) is 11.3. The minimum absolute atomic E-state index is 0.0423. The molecular weight excluding hydrogens is 517 g/mol. The molecule has 4 aromatic rings. The van der Waals surface area contributed by atoms with Gasteiger partial charge in [0.05, 0.1) is 11.6 Å². The lowest BCUT2D eigenvalue weighted by Gasteiger charge is -2.34. The Hall–Kier alpha value is -3.20. The highest BCUT2D eigenvalue weighted by atomic mass is 35.5. The Morgan fingerprint density at radius 3 is 2.62 bits per heavy atom. The van der Waals surface area contributed by atoms with Crippen molar-refractivity contribution in [2.45, 2.75) is 37.8 Å². The van der Waals surface area contributed by atoms with Crippen molar-refractivity contribution in [2.24, 2.45) is 0 Å². The number of anilines is 1. The number of benzene rings is 3. The van der Waals surface area contributed by atoms with Crippen LogP contribution in [-0.2, 0) is 0 Å². The molecular formula is C30H33ClFN5O2. The molecule has 2 atom stereocenters. The van der Waals surface area contributed by atoms with E-state index in [2.05, 4.69) is 20.1 Å². The van der Waals surface area contributed by atoms with E-state index in [-0.39, 0.29) is 27.9 Å². The first kappa shape index (κ1) is 26.0. The highest BCUT2D eigenvalue weighted by Gasteiger charge is 2.34. The fraction of sp³-hybridized carbons (Fsp3) is 0.400. The third-order valence-corrected chi connectivity index (χ3v) is 8.00. The summed E-state index contributed by atoms with van der Waals surface area (Å²) in [5, 5.41) is 16.5. The van der Waals surface area contributed by atoms with E-state index in [4.69, 9.17) is 21.3 Å². The summed E-state index contributed by atoms with van der Waals surface area (Å²) in [6.45, 7) is 2.97. The molecule has 204 valence electrons. The minimum atomic E-state index is -0.549. The van der Waals surface area contributed by atoms with Crippen molar-refractivity contribution in [2.75, 3.05) is 45.2 Å². The quantitative estimate of drug-likeness (QED) is 0.277. The van der Waals surface area contributed by atoms with Crippen molar-refractivity contribution in [3.05, 3.63) is 53.3 Å². The summed E-state index contributed by atoms with van der Waals surface area (Å²) in [6, 6.07) is 13.4. The van der Waals surface area contributed by atoms with Gasteiger partial charge in [-0.3, -0.25) is 0 Å². The number of halogens is 2. The van der Waals surface area contributed by atoms with Crippen LogP contribution in [0.1, 0.15) is 25.7 Å². The number of unbranched alkanes of at least 4 members (excludes halogenated alkanes) is 1. The summed E-state index contributed by atoms with van der Waals surface area (Å²) >= 11 is 6.82. The second-order valence-electron chi connectivity index (χ2n) is 10.9. The number of ether oxygens (including phenoxy) is 1. The number of piperazine rings is 1. The predicted octanol–water partition coefficient (Wildman–Crippen LogP) is 5.61. The lowest BCUT2D eigenvalue weighted by atomic mass is 9.96. The molecule has 6 rings (SSSR count). The highest BCUT2D eigenvalue weighted by Crippen LogP contribution is 2.42. The van der Waals surface area contributed by atoms with Gasteiger partial charge in [-0.25, -0.2) is 4.39 Å². The van der Waals surface area contributed by atoms with Crippen molar-refractivity contribution < 1.29 is 14.2 Å². The Balaban J connectivity index is 1.46. The topological polar surface area (TPSA) is 73.8 Å². The van der Waals surface area contributed by atoms with Crippen LogP contribution >= 0.6 is 11.6 Å². The Kier molecular flexibility index (Phi) is 7.18. The van der Waals surface area contributed by atoms with Gasteiger partial charge in [0, 0.05) is 36.1 Å². The van der Waals surface area contributed by atoms with Crippen molar-refractivity contribution in [1.82, 2.24) is 20.2 Å². The van der Waals surface area contributed by atoms with Crippen LogP contribution in [0.15, 0.2) is 42.5 Å². The summed E-state index contributed by atoms with van der Waals surface area (Å²) in [5.74, 6) is 0.142. The molecule has 2 bridgehead atoms. The molecule has 2 N–H and O–H groups in total. The van der Waals surface area contributed by atoms with E-state index < -0.39 is 5.82 Å². The average molecular weight is 550 g/mol. The normalized spacial score (nSPS) is 18.9. The highest BCUT2D eigenvalue weighted by molar-refractivity contribution is 6.35. The maximum absolute atomic E-state index is 16.6. The SMILES string of the molecule is CN(C)CCCCOc1nc(N2CC3CCC(C2)N3)c2cc(Cl)c(-c3cc(O)cc4ccccc34)c(F)c2n1. The van der Waals surface area contributed by atoms with Crippen LogP contribution in [0.2, 0.25) is 5.02 Å². The summed E-state index contributed by atoms with van der Waals surface area (Å²) < 4.78 is 22.5. The molecule has 2 aliphatic rings. The number of hydrogen-bond donors (Lipinski definition) is 2. The third kappa shape index (κ3) is 5.21. The first-order valence-electron chi connectivity index (χ1n) is 13.6. The molecule has 2 saturated heterocycles. The Labute approximate surface area is 232 Å². The lowest BCUT2D eigenvalue weighted by molar-refractivity contribution is 0.274. The van der Waals surface area contributed by atoms with Crippen molar-refractivity contribution in [3.8, 4) is 22.9 Å². The van der Waals surface area contributed by atoms with Crippen LogP contribution < -0.4 is 15.0 Å². The number of hydrogen-bond acceptors (Lipinski definition) is 7. The summed E-state index contributed by atoms with van der Waals surface area (Å²) in [5.41, 5.74) is 0.890. The number of rotatable bonds is 8. The number of phenolic OH excluding ortho intramolecular Hbond substituents is 1. The number of aromatic nitrogens is 2. The van der Waals surface area contributed by atoms with Gasteiger partial charge in [0.25, 0.3) is 0 Å². The number of aromatic hydroxyl groups is 1. The molecule has 3 heterocycles. The van der Waals surface area contributed by atoms with Crippen molar-refractivity contribution in [1.29, 1.82) is 0 Å². The summed E-state index contributed by atoms with van der Waals surface area (Å²) in [7, 11) is 4.09. The van der Waals surface area contributed by atoms with Gasteiger partial charge < -0.3 is 25.0 Å². The van der Waals surface area contributed by atoms with Crippen LogP contribution in [-0.4, -0.2) is 72.4 Å². The van der Waals surface area contributed by atoms with Crippen LogP contribution in [0.5, 0.6) is 11.8 Å². The Morgan fingerprint density at radius 2 is 1.85 bits per heavy atom. The maximum atomic E-state index is 16.6. The molecule has 2 fully saturated rings. The fourth-order valence-corrected chi connectivity index (χ4v) is 6.17. The molecule has 0 spiro atoms. The first-order valence-corrected chi connectivity index (χ1v) is 14.0. The molecule has 0 saturated carbocycles. The van der Waals surface area contributed by atoms with Crippen molar-refractivity contribution in [3.63, 3.8) is 0 Å². The molecule has 2 unspecified atom stereocenters. The van der Waals surface area contributed by atoms with Gasteiger partial charge in [-0.05, 0) is 80.9 Å². The van der Waals surface area contributed by atoms with Gasteiger partial charge in [0.2, 0.25) is 0 Å². The minimum Gasteiger partial charge on any atom is -0.508 e. The summed E-state index contributed by atoms with van der Waals surface area (Å²) in [4.78, 5) is 13.7. The zero-order valence-corrected chi connectivity index (χ0v) is 23.0. The molecule has 9 heteroatoms. The number of fused-ring (bicyclic) bond motifs is 4. The number of nitrogens with one attached hydrogen (secondary N) is 1. The standard InChI is InChI=1S/C30H33ClFN5O2/c1-36(2)11-5-6-12-39-30-34-28-24(29(35-30)37-16-19-9-10-20(17-37)33-19)15-25(31)26(27(28)32)23-14-21(38)13-18-7-3-4-8-22(18)23/h3-4,7-8,13-15,19-20,33,38H,5-6,9-12,16-17H2,1-2H3. The second kappa shape index (κ2) is 10.8. The molecule has 3 aromatic carbocycles. The monoisotopic (exact) mass is 549 g/mol. The molecule has 0 amide bonds. The van der Waals surface area contributed by atoms with E-state index in [1.165, 1.54) is 0 Å². The largest absolute Gasteiger partial charge is 0.508 e. The van der Waals surface area contributed by atoms with E-state index >= 15 is 4.39 Å². The van der Waals surface area contributed by atoms with Gasteiger partial charge in [-0.15, -0.1) is 0 Å². The van der Waals surface area contributed by atoms with Crippen LogP contribution in [0.3, 0.4) is 0 Å². The molecule has 0 radical (unpaired) electrons. The zero-order chi connectivity index (χ0) is 27.1. The maximum Gasteiger partial charge on any atom is 0.319 e. The third-order valence-electron chi connectivity index (χ3n) is 7.71. The number of phenols is 1. The lowest BCUT2D eigenvalue weighted by Crippen LogP contribution is -2.51. The van der Waals surface area contributed by atoms with Crippen LogP contribution in [0, 0.1) is 5.82 Å². The Morgan fingerprint density at radius 1 is 1.08 bits per heavy atom. The van der Waals surface area contributed by atoms with E-state index in [1.54, 1.807) is 18.2 Å². The average Bonchev–Trinajstić information content (AvgIpc) is 3.25. The predicted molar refractivity (Wildman–Crippen MR) is 155 cm³/mol. The van der Waals surface area contributed by atoms with Gasteiger partial charge in [0.15, 0.2) is 5.82 Å². The first-order chi connectivity index (χ1) is 18.9. The van der Waals surface area contributed by atoms with E-state index in [0.717, 1.165) is 56.1 Å². The fourth-order valence-electron chi connectivity index (χ4n) is 5.88. The molecule has 1 aromatic heterocycles. The molecule has 39 heavy (non-hydrogen) atoms. The van der Waals surface area contributed by atoms with Gasteiger partial charge >= 0.3 is 6.01 Å².